The highest BCUT2D eigenvalue weighted by Gasteiger charge is 2.28. The lowest BCUT2D eigenvalue weighted by atomic mass is 9.97. The smallest absolute Gasteiger partial charge is 0.309 e. The monoisotopic (exact) mass is 418 g/mol. The van der Waals surface area contributed by atoms with Gasteiger partial charge in [0.15, 0.2) is 5.78 Å². The zero-order valence-corrected chi connectivity index (χ0v) is 17.6. The van der Waals surface area contributed by atoms with Crippen LogP contribution in [0.4, 0.5) is 0 Å². The second-order valence-corrected chi connectivity index (χ2v) is 7.79. The van der Waals surface area contributed by atoms with Gasteiger partial charge < -0.3 is 14.2 Å². The maximum Gasteiger partial charge on any atom is 0.309 e. The molecule has 160 valence electrons. The Kier molecular flexibility index (Phi) is 6.16. The maximum absolute atomic E-state index is 13.1. The summed E-state index contributed by atoms with van der Waals surface area (Å²) in [5.41, 5.74) is 2.07. The summed E-state index contributed by atoms with van der Waals surface area (Å²) < 4.78 is 6.96. The van der Waals surface area contributed by atoms with E-state index in [0.717, 1.165) is 10.9 Å². The first-order valence-electron chi connectivity index (χ1n) is 10.7. The average molecular weight is 418 g/mol. The fraction of sp³-hybridized carbons (Fsp3) is 0.320. The molecule has 2 heterocycles. The third-order valence-corrected chi connectivity index (χ3v) is 5.84. The highest BCUT2D eigenvalue weighted by Crippen LogP contribution is 2.25. The number of piperidine rings is 1. The SMILES string of the molecule is CCOC(=O)C1CCN(C(=O)Cn2cc(C(=O)c3ccccc3)c3ccccc32)CC1. The van der Waals surface area contributed by atoms with Crippen LogP contribution in [-0.4, -0.2) is 46.8 Å². The van der Waals surface area contributed by atoms with Crippen molar-refractivity contribution in [2.75, 3.05) is 19.7 Å². The number of ketones is 1. The normalized spacial score (nSPS) is 14.5. The van der Waals surface area contributed by atoms with E-state index in [9.17, 15) is 14.4 Å². The van der Waals surface area contributed by atoms with E-state index in [0.29, 0.717) is 43.7 Å². The van der Waals surface area contributed by atoms with Crippen molar-refractivity contribution in [3.63, 3.8) is 0 Å². The van der Waals surface area contributed by atoms with Gasteiger partial charge in [0.2, 0.25) is 5.91 Å². The first kappa shape index (κ1) is 20.8. The van der Waals surface area contributed by atoms with E-state index in [1.165, 1.54) is 0 Å². The molecule has 6 nitrogen and oxygen atoms in total. The molecule has 2 aromatic carbocycles. The molecular weight excluding hydrogens is 392 g/mol. The minimum Gasteiger partial charge on any atom is -0.466 e. The predicted octanol–water partition coefficient (Wildman–Crippen LogP) is 3.67. The largest absolute Gasteiger partial charge is 0.466 e. The van der Waals surface area contributed by atoms with Gasteiger partial charge in [0.25, 0.3) is 0 Å². The molecule has 0 radical (unpaired) electrons. The number of rotatable bonds is 6. The lowest BCUT2D eigenvalue weighted by Gasteiger charge is -2.31. The van der Waals surface area contributed by atoms with Crippen molar-refractivity contribution in [1.29, 1.82) is 0 Å². The van der Waals surface area contributed by atoms with E-state index in [2.05, 4.69) is 0 Å². The van der Waals surface area contributed by atoms with Crippen LogP contribution in [0.5, 0.6) is 0 Å². The Morgan fingerprint density at radius 3 is 2.35 bits per heavy atom. The van der Waals surface area contributed by atoms with E-state index < -0.39 is 0 Å². The lowest BCUT2D eigenvalue weighted by molar-refractivity contribution is -0.151. The van der Waals surface area contributed by atoms with Crippen LogP contribution >= 0.6 is 0 Å². The number of carbonyl (C=O) groups excluding carboxylic acids is 3. The molecule has 0 aliphatic carbocycles. The second-order valence-electron chi connectivity index (χ2n) is 7.79. The number of amides is 1. The van der Waals surface area contributed by atoms with Gasteiger partial charge in [-0.2, -0.15) is 0 Å². The van der Waals surface area contributed by atoms with Crippen LogP contribution in [0.15, 0.2) is 60.8 Å². The molecule has 1 amide bonds. The molecule has 0 spiro atoms. The van der Waals surface area contributed by atoms with E-state index in [1.807, 2.05) is 47.0 Å². The first-order chi connectivity index (χ1) is 15.1. The van der Waals surface area contributed by atoms with Crippen LogP contribution in [0.25, 0.3) is 10.9 Å². The van der Waals surface area contributed by atoms with Crippen molar-refractivity contribution < 1.29 is 19.1 Å². The van der Waals surface area contributed by atoms with Gasteiger partial charge in [-0.3, -0.25) is 14.4 Å². The van der Waals surface area contributed by atoms with Crippen LogP contribution in [-0.2, 0) is 20.9 Å². The topological polar surface area (TPSA) is 68.6 Å². The van der Waals surface area contributed by atoms with Crippen molar-refractivity contribution in [1.82, 2.24) is 9.47 Å². The number of fused-ring (bicyclic) bond motifs is 1. The Bertz CT molecular complexity index is 1100. The summed E-state index contributed by atoms with van der Waals surface area (Å²) in [7, 11) is 0. The molecule has 3 aromatic rings. The summed E-state index contributed by atoms with van der Waals surface area (Å²) in [6, 6.07) is 16.8. The fourth-order valence-corrected chi connectivity index (χ4v) is 4.17. The number of ether oxygens (including phenoxy) is 1. The molecule has 31 heavy (non-hydrogen) atoms. The quantitative estimate of drug-likeness (QED) is 0.452. The number of likely N-dealkylation sites (tertiary alicyclic amines) is 1. The van der Waals surface area contributed by atoms with Crippen LogP contribution in [0.3, 0.4) is 0 Å². The van der Waals surface area contributed by atoms with Gasteiger partial charge in [0.05, 0.1) is 12.5 Å². The van der Waals surface area contributed by atoms with Gasteiger partial charge in [-0.1, -0.05) is 48.5 Å². The third-order valence-electron chi connectivity index (χ3n) is 5.84. The highest BCUT2D eigenvalue weighted by atomic mass is 16.5. The van der Waals surface area contributed by atoms with Gasteiger partial charge in [0, 0.05) is 41.3 Å². The molecule has 0 N–H and O–H groups in total. The lowest BCUT2D eigenvalue weighted by Crippen LogP contribution is -2.42. The van der Waals surface area contributed by atoms with Gasteiger partial charge in [-0.25, -0.2) is 0 Å². The van der Waals surface area contributed by atoms with Crippen LogP contribution < -0.4 is 0 Å². The van der Waals surface area contributed by atoms with E-state index >= 15 is 0 Å². The van der Waals surface area contributed by atoms with Gasteiger partial charge in [-0.05, 0) is 25.8 Å². The number of hydrogen-bond donors (Lipinski definition) is 0. The average Bonchev–Trinajstić information content (AvgIpc) is 3.18. The summed E-state index contributed by atoms with van der Waals surface area (Å²) in [6.07, 6.45) is 3.02. The number of hydrogen-bond acceptors (Lipinski definition) is 4. The summed E-state index contributed by atoms with van der Waals surface area (Å²) >= 11 is 0. The second kappa shape index (κ2) is 9.16. The van der Waals surface area contributed by atoms with E-state index in [-0.39, 0.29) is 30.1 Å². The molecule has 1 aliphatic heterocycles. The number of aromatic nitrogens is 1. The van der Waals surface area contributed by atoms with Gasteiger partial charge in [0.1, 0.15) is 6.54 Å². The molecule has 1 fully saturated rings. The molecule has 0 saturated carbocycles. The molecule has 0 atom stereocenters. The summed E-state index contributed by atoms with van der Waals surface area (Å²) in [5.74, 6) is -0.374. The van der Waals surface area contributed by atoms with Crippen molar-refractivity contribution >= 4 is 28.6 Å². The van der Waals surface area contributed by atoms with Crippen molar-refractivity contribution in [2.45, 2.75) is 26.3 Å². The van der Waals surface area contributed by atoms with E-state index in [4.69, 9.17) is 4.74 Å². The standard InChI is InChI=1S/C25H26N2O4/c1-2-31-25(30)19-12-14-26(15-13-19)23(28)17-27-16-21(20-10-6-7-11-22(20)27)24(29)18-8-4-3-5-9-18/h3-11,16,19H,2,12-15,17H2,1H3. The molecule has 4 rings (SSSR count). The first-order valence-corrected chi connectivity index (χ1v) is 10.7. The number of nitrogens with zero attached hydrogens (tertiary/aromatic N) is 2. The molecule has 0 unspecified atom stereocenters. The van der Waals surface area contributed by atoms with Crippen LogP contribution in [0.2, 0.25) is 0 Å². The zero-order valence-electron chi connectivity index (χ0n) is 17.6. The predicted molar refractivity (Wildman–Crippen MR) is 118 cm³/mol. The molecule has 1 aliphatic rings. The zero-order chi connectivity index (χ0) is 21.8. The summed E-state index contributed by atoms with van der Waals surface area (Å²) in [5, 5.41) is 0.838. The van der Waals surface area contributed by atoms with Crippen molar-refractivity contribution in [3.05, 3.63) is 71.9 Å². The Hall–Kier alpha value is -3.41. The third kappa shape index (κ3) is 4.38. The van der Waals surface area contributed by atoms with Gasteiger partial charge in [-0.15, -0.1) is 0 Å². The summed E-state index contributed by atoms with van der Waals surface area (Å²) in [6.45, 7) is 3.42. The highest BCUT2D eigenvalue weighted by molar-refractivity contribution is 6.16. The number of para-hydroxylation sites is 1. The Morgan fingerprint density at radius 2 is 1.65 bits per heavy atom. The number of carbonyl (C=O) groups is 3. The number of benzene rings is 2. The van der Waals surface area contributed by atoms with Crippen molar-refractivity contribution in [3.8, 4) is 0 Å². The minimum atomic E-state index is -0.171. The maximum atomic E-state index is 13.1. The number of esters is 1. The molecule has 6 heteroatoms. The van der Waals surface area contributed by atoms with Crippen LogP contribution in [0.1, 0.15) is 35.7 Å². The fourth-order valence-electron chi connectivity index (χ4n) is 4.17. The van der Waals surface area contributed by atoms with Crippen LogP contribution in [0, 0.1) is 5.92 Å². The molecule has 1 saturated heterocycles. The molecule has 1 aromatic heterocycles. The van der Waals surface area contributed by atoms with Gasteiger partial charge >= 0.3 is 5.97 Å². The molecule has 0 bridgehead atoms. The Labute approximate surface area is 181 Å². The van der Waals surface area contributed by atoms with E-state index in [1.54, 1.807) is 30.2 Å². The molecular formula is C25H26N2O4. The van der Waals surface area contributed by atoms with Crippen molar-refractivity contribution in [2.24, 2.45) is 5.92 Å². The Morgan fingerprint density at radius 1 is 0.968 bits per heavy atom. The minimum absolute atomic E-state index is 0.0122. The summed E-state index contributed by atoms with van der Waals surface area (Å²) in [4.78, 5) is 39.8. The Balaban J connectivity index is 1.51.